The number of imidazole rings is 1. The first-order valence-corrected chi connectivity index (χ1v) is 13.5. The quantitative estimate of drug-likeness (QED) is 0.262. The number of aromatic nitrogens is 6. The average Bonchev–Trinajstić information content (AvgIpc) is 3.70. The molecule has 3 heterocycles. The second-order valence-corrected chi connectivity index (χ2v) is 10.1. The van der Waals surface area contributed by atoms with Crippen LogP contribution in [0.1, 0.15) is 53.5 Å². The number of alkyl halides is 2. The van der Waals surface area contributed by atoms with Gasteiger partial charge in [0.2, 0.25) is 11.7 Å². The topological polar surface area (TPSA) is 157 Å². The molecule has 2 bridgehead atoms. The Morgan fingerprint density at radius 2 is 2.02 bits per heavy atom. The number of rotatable bonds is 5. The third-order valence-corrected chi connectivity index (χ3v) is 7.02. The molecule has 222 valence electrons. The summed E-state index contributed by atoms with van der Waals surface area (Å²) >= 11 is 6.16. The molecular formula is C28H25ClF2N8O4. The van der Waals surface area contributed by atoms with Crippen LogP contribution in [0.15, 0.2) is 55.0 Å². The van der Waals surface area contributed by atoms with Gasteiger partial charge in [-0.2, -0.15) is 13.5 Å². The maximum absolute atomic E-state index is 15.1. The third kappa shape index (κ3) is 6.75. The first-order chi connectivity index (χ1) is 20.6. The van der Waals surface area contributed by atoms with E-state index in [2.05, 4.69) is 40.9 Å². The molecule has 0 spiro atoms. The summed E-state index contributed by atoms with van der Waals surface area (Å²) < 4.78 is 36.1. The van der Waals surface area contributed by atoms with Gasteiger partial charge in [-0.05, 0) is 65.7 Å². The molecule has 1 unspecified atom stereocenters. The van der Waals surface area contributed by atoms with E-state index in [-0.39, 0.29) is 35.3 Å². The number of nitrogens with one attached hydrogen (secondary N) is 3. The van der Waals surface area contributed by atoms with E-state index in [1.807, 2.05) is 0 Å². The lowest BCUT2D eigenvalue weighted by Gasteiger charge is -2.20. The number of H-pyrrole nitrogens is 1. The Morgan fingerprint density at radius 3 is 2.79 bits per heavy atom. The normalized spacial score (nSPS) is 16.6. The van der Waals surface area contributed by atoms with Crippen LogP contribution in [0.2, 0.25) is 5.02 Å². The number of methoxy groups -OCH3 is 1. The van der Waals surface area contributed by atoms with Gasteiger partial charge in [-0.25, -0.2) is 9.78 Å². The zero-order chi connectivity index (χ0) is 30.6. The number of carbonyl (C=O) groups is 3. The molecule has 3 N–H and O–H groups in total. The smallest absolute Gasteiger partial charge is 0.411 e. The van der Waals surface area contributed by atoms with E-state index in [1.165, 1.54) is 41.5 Å². The van der Waals surface area contributed by atoms with Crippen LogP contribution < -0.4 is 10.6 Å². The van der Waals surface area contributed by atoms with Crippen molar-refractivity contribution in [3.05, 3.63) is 77.0 Å². The number of aromatic amines is 1. The summed E-state index contributed by atoms with van der Waals surface area (Å²) in [5.41, 5.74) is 1.35. The van der Waals surface area contributed by atoms with E-state index in [0.717, 1.165) is 7.11 Å². The van der Waals surface area contributed by atoms with Gasteiger partial charge >= 0.3 is 12.0 Å². The van der Waals surface area contributed by atoms with Gasteiger partial charge in [0.05, 0.1) is 24.5 Å². The van der Waals surface area contributed by atoms with Crippen LogP contribution in [0.3, 0.4) is 0 Å². The lowest BCUT2D eigenvalue weighted by Crippen LogP contribution is -2.30. The van der Waals surface area contributed by atoms with E-state index < -0.39 is 36.2 Å². The number of benzene rings is 2. The fourth-order valence-electron chi connectivity index (χ4n) is 4.66. The molecule has 4 aromatic rings. The summed E-state index contributed by atoms with van der Waals surface area (Å²) in [4.78, 5) is 45.2. The molecule has 5 rings (SSSR count). The van der Waals surface area contributed by atoms with Crippen molar-refractivity contribution < 1.29 is 27.9 Å². The molecule has 0 aliphatic carbocycles. The Kier molecular flexibility index (Phi) is 8.57. The summed E-state index contributed by atoms with van der Waals surface area (Å²) in [7, 11) is 1.16. The fraction of sp³-hybridized carbons (Fsp3) is 0.250. The Morgan fingerprint density at radius 1 is 1.19 bits per heavy atom. The number of tetrazole rings is 1. The highest BCUT2D eigenvalue weighted by molar-refractivity contribution is 6.30. The largest absolute Gasteiger partial charge is 0.453 e. The van der Waals surface area contributed by atoms with Crippen LogP contribution in [0.25, 0.3) is 23.0 Å². The van der Waals surface area contributed by atoms with Crippen molar-refractivity contribution in [3.8, 4) is 16.9 Å². The summed E-state index contributed by atoms with van der Waals surface area (Å²) in [5, 5.41) is 16.8. The first-order valence-electron chi connectivity index (χ1n) is 13.1. The number of nitrogens with zero attached hydrogens (tertiary/aromatic N) is 5. The number of fused-ring (bicyclic) bond motifs is 4. The standard InChI is InChI=1S/C28H25ClF2N8O4/c1-43-27(42)34-18-7-8-19-20(13-18)25(41)28(30,31)11-3-2-4-21(26-32-14-22(19)36-26)35-24(40)10-5-16-12-17(29)6-9-23(16)39-15-33-37-38-39/h5-10,12-15,21H,2-4,11H2,1H3,(H,32,36)(H,34,42)(H,35,40)/b10-5+. The van der Waals surface area contributed by atoms with Crippen LogP contribution >= 0.6 is 11.6 Å². The second-order valence-electron chi connectivity index (χ2n) is 9.68. The highest BCUT2D eigenvalue weighted by Crippen LogP contribution is 2.35. The van der Waals surface area contributed by atoms with Crippen LogP contribution in [0.5, 0.6) is 0 Å². The van der Waals surface area contributed by atoms with Gasteiger partial charge in [-0.15, -0.1) is 5.10 Å². The van der Waals surface area contributed by atoms with Crippen LogP contribution in [-0.4, -0.2) is 61.0 Å². The number of anilines is 1. The first kappa shape index (κ1) is 29.5. The van der Waals surface area contributed by atoms with E-state index in [1.54, 1.807) is 24.3 Å². The lowest BCUT2D eigenvalue weighted by molar-refractivity contribution is -0.117. The van der Waals surface area contributed by atoms with Crippen molar-refractivity contribution in [2.75, 3.05) is 12.4 Å². The lowest BCUT2D eigenvalue weighted by atomic mass is 9.94. The Balaban J connectivity index is 1.43. The highest BCUT2D eigenvalue weighted by Gasteiger charge is 2.40. The molecular weight excluding hydrogens is 586 g/mol. The van der Waals surface area contributed by atoms with E-state index in [0.29, 0.717) is 28.5 Å². The molecule has 2 amide bonds. The average molecular weight is 611 g/mol. The minimum atomic E-state index is -3.66. The molecule has 1 atom stereocenters. The van der Waals surface area contributed by atoms with Gasteiger partial charge < -0.3 is 15.0 Å². The molecule has 0 saturated heterocycles. The van der Waals surface area contributed by atoms with Crippen molar-refractivity contribution in [1.82, 2.24) is 35.5 Å². The number of halogens is 3. The van der Waals surface area contributed by atoms with Gasteiger partial charge in [-0.1, -0.05) is 18.0 Å². The minimum absolute atomic E-state index is 0.0156. The van der Waals surface area contributed by atoms with Crippen molar-refractivity contribution >= 4 is 41.1 Å². The zero-order valence-electron chi connectivity index (χ0n) is 22.7. The number of ketones is 1. The Bertz CT molecular complexity index is 1690. The van der Waals surface area contributed by atoms with Crippen molar-refractivity contribution in [1.29, 1.82) is 0 Å². The molecule has 0 saturated carbocycles. The molecule has 0 radical (unpaired) electrons. The van der Waals surface area contributed by atoms with E-state index >= 15 is 8.78 Å². The molecule has 2 aromatic carbocycles. The summed E-state index contributed by atoms with van der Waals surface area (Å²) in [6, 6.07) is 8.43. The number of hydrogen-bond donors (Lipinski definition) is 3. The Hall–Kier alpha value is -4.98. The summed E-state index contributed by atoms with van der Waals surface area (Å²) in [6.07, 6.45) is 4.84. The Labute approximate surface area is 248 Å². The van der Waals surface area contributed by atoms with Crippen LogP contribution in [0, 0.1) is 0 Å². The van der Waals surface area contributed by atoms with Gasteiger partial charge in [0.25, 0.3) is 0 Å². The summed E-state index contributed by atoms with van der Waals surface area (Å²) in [6.45, 7) is 0. The van der Waals surface area contributed by atoms with Gasteiger partial charge in [0.1, 0.15) is 12.2 Å². The van der Waals surface area contributed by atoms with Crippen molar-refractivity contribution in [3.63, 3.8) is 0 Å². The molecule has 0 fully saturated rings. The maximum atomic E-state index is 15.1. The fourth-order valence-corrected chi connectivity index (χ4v) is 4.84. The number of ether oxygens (including phenoxy) is 1. The maximum Gasteiger partial charge on any atom is 0.411 e. The highest BCUT2D eigenvalue weighted by atomic mass is 35.5. The molecule has 43 heavy (non-hydrogen) atoms. The van der Waals surface area contributed by atoms with Gasteiger partial charge in [-0.3, -0.25) is 14.9 Å². The number of amides is 2. The van der Waals surface area contributed by atoms with E-state index in [4.69, 9.17) is 11.6 Å². The molecule has 2 aromatic heterocycles. The molecule has 12 nitrogen and oxygen atoms in total. The predicted octanol–water partition coefficient (Wildman–Crippen LogP) is 5.15. The van der Waals surface area contributed by atoms with Crippen LogP contribution in [-0.2, 0) is 9.53 Å². The van der Waals surface area contributed by atoms with Gasteiger partial charge in [0, 0.05) is 46.1 Å². The predicted molar refractivity (Wildman–Crippen MR) is 152 cm³/mol. The second kappa shape index (κ2) is 12.5. The minimum Gasteiger partial charge on any atom is -0.453 e. The van der Waals surface area contributed by atoms with Crippen LogP contribution in [0.4, 0.5) is 19.3 Å². The molecule has 15 heteroatoms. The van der Waals surface area contributed by atoms with Gasteiger partial charge in [0.15, 0.2) is 0 Å². The molecule has 1 aliphatic rings. The van der Waals surface area contributed by atoms with E-state index in [9.17, 15) is 14.4 Å². The number of Topliss-reactive ketones (excluding diaryl/α,β-unsaturated/α-hetero) is 1. The summed E-state index contributed by atoms with van der Waals surface area (Å²) in [5.74, 6) is -5.11. The molecule has 1 aliphatic heterocycles. The number of hydrogen-bond acceptors (Lipinski definition) is 8. The van der Waals surface area contributed by atoms with Crippen molar-refractivity contribution in [2.45, 2.75) is 37.6 Å². The third-order valence-electron chi connectivity index (χ3n) is 6.78. The monoisotopic (exact) mass is 610 g/mol. The SMILES string of the molecule is COC(=O)Nc1ccc2c(c1)C(=O)C(F)(F)CCCCC(NC(=O)/C=C/c1cc(Cl)ccc1-n1cnnn1)c1nc-2c[nH]1. The van der Waals surface area contributed by atoms with Crippen molar-refractivity contribution in [2.24, 2.45) is 0 Å². The zero-order valence-corrected chi connectivity index (χ0v) is 23.4. The number of carbonyl (C=O) groups excluding carboxylic acids is 3.